The number of nitrogens with zero attached hydrogens (tertiary/aromatic N) is 1. The molecule has 1 aliphatic rings. The third kappa shape index (κ3) is 4.56. The number of imide groups is 1. The van der Waals surface area contributed by atoms with Crippen molar-refractivity contribution in [3.63, 3.8) is 0 Å². The lowest BCUT2D eigenvalue weighted by atomic mass is 9.94. The first-order valence-corrected chi connectivity index (χ1v) is 8.04. The summed E-state index contributed by atoms with van der Waals surface area (Å²) in [6.45, 7) is 10.8. The molecule has 0 aromatic rings. The summed E-state index contributed by atoms with van der Waals surface area (Å²) in [6.07, 6.45) is 1.38. The lowest BCUT2D eigenvalue weighted by Crippen LogP contribution is -2.47. The Morgan fingerprint density at radius 3 is 2.43 bits per heavy atom. The molecule has 1 saturated heterocycles. The fourth-order valence-corrected chi connectivity index (χ4v) is 2.74. The fourth-order valence-electron chi connectivity index (χ4n) is 2.74. The van der Waals surface area contributed by atoms with E-state index in [0.717, 1.165) is 12.0 Å². The molecule has 0 aromatic heterocycles. The third-order valence-corrected chi connectivity index (χ3v) is 4.02. The Balaban J connectivity index is 3.04. The molecule has 3 unspecified atom stereocenters. The van der Waals surface area contributed by atoms with Crippen LogP contribution in [0.25, 0.3) is 0 Å². The maximum atomic E-state index is 12.8. The highest BCUT2D eigenvalue weighted by molar-refractivity contribution is 5.95. The molecule has 0 saturated carbocycles. The first-order valence-electron chi connectivity index (χ1n) is 8.04. The summed E-state index contributed by atoms with van der Waals surface area (Å²) in [5, 5.41) is 0. The second-order valence-electron chi connectivity index (χ2n) is 6.27. The highest BCUT2D eigenvalue weighted by Gasteiger charge is 2.43. The van der Waals surface area contributed by atoms with Crippen LogP contribution in [0.2, 0.25) is 0 Å². The zero-order valence-corrected chi connectivity index (χ0v) is 14.8. The Morgan fingerprint density at radius 2 is 1.96 bits per heavy atom. The van der Waals surface area contributed by atoms with Gasteiger partial charge in [-0.3, -0.25) is 9.59 Å². The Kier molecular flexibility index (Phi) is 6.79. The lowest BCUT2D eigenvalue weighted by molar-refractivity contribution is -0.150. The molecule has 0 aromatic carbocycles. The van der Waals surface area contributed by atoms with Crippen LogP contribution in [0.1, 0.15) is 48.0 Å². The van der Waals surface area contributed by atoms with Gasteiger partial charge in [0.05, 0.1) is 12.0 Å². The zero-order valence-electron chi connectivity index (χ0n) is 14.8. The quantitative estimate of drug-likeness (QED) is 0.554. The number of allylic oxidation sites excluding steroid dienone is 1. The van der Waals surface area contributed by atoms with E-state index in [1.54, 1.807) is 6.92 Å². The minimum absolute atomic E-state index is 0.0945. The van der Waals surface area contributed by atoms with Crippen LogP contribution in [-0.2, 0) is 19.1 Å². The summed E-state index contributed by atoms with van der Waals surface area (Å²) < 4.78 is 10.4. The van der Waals surface area contributed by atoms with Crippen LogP contribution in [-0.4, -0.2) is 41.6 Å². The van der Waals surface area contributed by atoms with E-state index in [1.807, 2.05) is 33.8 Å². The Labute approximate surface area is 137 Å². The van der Waals surface area contributed by atoms with Gasteiger partial charge in [-0.05, 0) is 31.8 Å². The van der Waals surface area contributed by atoms with Crippen molar-refractivity contribution in [3.05, 3.63) is 11.6 Å². The van der Waals surface area contributed by atoms with Crippen LogP contribution < -0.4 is 0 Å². The van der Waals surface area contributed by atoms with Crippen LogP contribution in [0, 0.1) is 11.8 Å². The first-order chi connectivity index (χ1) is 10.7. The highest BCUT2D eigenvalue weighted by atomic mass is 16.6. The smallest absolute Gasteiger partial charge is 0.416 e. The number of rotatable bonds is 6. The maximum Gasteiger partial charge on any atom is 0.416 e. The topological polar surface area (TPSA) is 72.9 Å². The van der Waals surface area contributed by atoms with Crippen molar-refractivity contribution in [3.8, 4) is 0 Å². The molecular formula is C17H27NO5. The number of ether oxygens (including phenoxy) is 2. The molecule has 6 heteroatoms. The van der Waals surface area contributed by atoms with Crippen molar-refractivity contribution in [1.29, 1.82) is 0 Å². The average Bonchev–Trinajstić information content (AvgIpc) is 2.85. The maximum absolute atomic E-state index is 12.8. The van der Waals surface area contributed by atoms with Crippen LogP contribution in [0.3, 0.4) is 0 Å². The Hall–Kier alpha value is -1.85. The molecule has 6 nitrogen and oxygen atoms in total. The molecule has 1 fully saturated rings. The molecule has 1 rings (SSSR count). The van der Waals surface area contributed by atoms with E-state index in [4.69, 9.17) is 9.47 Å². The molecule has 0 N–H and O–H groups in total. The van der Waals surface area contributed by atoms with E-state index in [1.165, 1.54) is 11.8 Å². The van der Waals surface area contributed by atoms with Gasteiger partial charge in [0.1, 0.15) is 12.7 Å². The molecule has 3 atom stereocenters. The lowest BCUT2D eigenvalue weighted by Gasteiger charge is -2.29. The van der Waals surface area contributed by atoms with Crippen molar-refractivity contribution in [2.24, 2.45) is 11.8 Å². The summed E-state index contributed by atoms with van der Waals surface area (Å²) in [6, 6.07) is -0.286. The summed E-state index contributed by atoms with van der Waals surface area (Å²) in [5.41, 5.74) is 0.803. The molecular weight excluding hydrogens is 298 g/mol. The zero-order chi connectivity index (χ0) is 17.7. The van der Waals surface area contributed by atoms with E-state index >= 15 is 0 Å². The van der Waals surface area contributed by atoms with E-state index in [9.17, 15) is 14.4 Å². The standard InChI is InChI=1S/C17H27NO5/c1-7-8-11(4)15(23-13(6)19)12(5)16(20)18-14(10(2)3)9-22-17(18)21/h8,10,12,14-15H,7,9H2,1-6H3. The van der Waals surface area contributed by atoms with Gasteiger partial charge in [0.25, 0.3) is 0 Å². The van der Waals surface area contributed by atoms with Gasteiger partial charge in [-0.1, -0.05) is 26.8 Å². The predicted molar refractivity (Wildman–Crippen MR) is 85.6 cm³/mol. The van der Waals surface area contributed by atoms with E-state index in [-0.39, 0.29) is 24.5 Å². The summed E-state index contributed by atoms with van der Waals surface area (Å²) in [4.78, 5) is 37.3. The van der Waals surface area contributed by atoms with Crippen LogP contribution in [0.4, 0.5) is 4.79 Å². The van der Waals surface area contributed by atoms with Crippen molar-refractivity contribution in [1.82, 2.24) is 4.90 Å². The molecule has 0 bridgehead atoms. The van der Waals surface area contributed by atoms with E-state index in [0.29, 0.717) is 0 Å². The van der Waals surface area contributed by atoms with E-state index < -0.39 is 24.1 Å². The van der Waals surface area contributed by atoms with Gasteiger partial charge in [0.2, 0.25) is 5.91 Å². The predicted octanol–water partition coefficient (Wildman–Crippen LogP) is 2.91. The summed E-state index contributed by atoms with van der Waals surface area (Å²) in [5.74, 6) is -1.39. The van der Waals surface area contributed by atoms with E-state index in [2.05, 4.69) is 0 Å². The summed E-state index contributed by atoms with van der Waals surface area (Å²) >= 11 is 0. The molecule has 0 spiro atoms. The largest absolute Gasteiger partial charge is 0.457 e. The van der Waals surface area contributed by atoms with Gasteiger partial charge < -0.3 is 9.47 Å². The molecule has 0 aliphatic carbocycles. The minimum Gasteiger partial charge on any atom is -0.457 e. The Morgan fingerprint density at radius 1 is 1.35 bits per heavy atom. The van der Waals surface area contributed by atoms with Gasteiger partial charge in [0, 0.05) is 6.92 Å². The van der Waals surface area contributed by atoms with Gasteiger partial charge in [-0.15, -0.1) is 0 Å². The van der Waals surface area contributed by atoms with Gasteiger partial charge in [0.15, 0.2) is 0 Å². The first kappa shape index (κ1) is 19.2. The molecule has 130 valence electrons. The number of carbonyl (C=O) groups is 3. The number of hydrogen-bond acceptors (Lipinski definition) is 5. The second kappa shape index (κ2) is 8.13. The number of cyclic esters (lactones) is 1. The van der Waals surface area contributed by atoms with Crippen LogP contribution >= 0.6 is 0 Å². The van der Waals surface area contributed by atoms with Crippen molar-refractivity contribution >= 4 is 18.0 Å². The minimum atomic E-state index is -0.679. The van der Waals surface area contributed by atoms with Gasteiger partial charge in [-0.2, -0.15) is 0 Å². The summed E-state index contributed by atoms with van der Waals surface area (Å²) in [7, 11) is 0. The third-order valence-electron chi connectivity index (χ3n) is 4.02. The van der Waals surface area contributed by atoms with Crippen molar-refractivity contribution in [2.45, 2.75) is 60.1 Å². The van der Waals surface area contributed by atoms with Gasteiger partial charge >= 0.3 is 12.1 Å². The molecule has 23 heavy (non-hydrogen) atoms. The molecule has 1 aliphatic heterocycles. The van der Waals surface area contributed by atoms with Crippen LogP contribution in [0.15, 0.2) is 11.6 Å². The van der Waals surface area contributed by atoms with Crippen molar-refractivity contribution < 1.29 is 23.9 Å². The Bertz CT molecular complexity index is 497. The fraction of sp³-hybridized carbons (Fsp3) is 0.706. The molecule has 2 amide bonds. The van der Waals surface area contributed by atoms with Crippen molar-refractivity contribution in [2.75, 3.05) is 6.61 Å². The normalized spacial score (nSPS) is 21.2. The number of esters is 1. The number of amides is 2. The monoisotopic (exact) mass is 325 g/mol. The molecule has 0 radical (unpaired) electrons. The molecule has 1 heterocycles. The van der Waals surface area contributed by atoms with Crippen LogP contribution in [0.5, 0.6) is 0 Å². The average molecular weight is 325 g/mol. The van der Waals surface area contributed by atoms with Gasteiger partial charge in [-0.25, -0.2) is 9.69 Å². The SMILES string of the molecule is CCC=C(C)C(OC(C)=O)C(C)C(=O)N1C(=O)OCC1C(C)C. The highest BCUT2D eigenvalue weighted by Crippen LogP contribution is 2.26. The second-order valence-corrected chi connectivity index (χ2v) is 6.27. The number of carbonyl (C=O) groups excluding carboxylic acids is 3. The number of hydrogen-bond donors (Lipinski definition) is 0.